The highest BCUT2D eigenvalue weighted by molar-refractivity contribution is 5.74. The Kier molecular flexibility index (Phi) is 6.71. The number of amides is 2. The molecule has 0 fully saturated rings. The minimum atomic E-state index is -0.772. The van der Waals surface area contributed by atoms with E-state index in [1.807, 2.05) is 6.92 Å². The summed E-state index contributed by atoms with van der Waals surface area (Å²) in [5.74, 6) is -1.11. The number of hydrogen-bond acceptors (Lipinski definition) is 3. The van der Waals surface area contributed by atoms with E-state index in [0.717, 1.165) is 18.4 Å². The fourth-order valence-electron chi connectivity index (χ4n) is 1.96. The van der Waals surface area contributed by atoms with E-state index in [1.54, 1.807) is 31.3 Å². The second-order valence-electron chi connectivity index (χ2n) is 5.48. The molecule has 0 aliphatic heterocycles. The van der Waals surface area contributed by atoms with Crippen LogP contribution in [0.2, 0.25) is 0 Å². The minimum absolute atomic E-state index is 0.0188. The summed E-state index contributed by atoms with van der Waals surface area (Å²) in [6.07, 6.45) is 5.60. The number of urea groups is 1. The number of carbonyl (C=O) groups excluding carboxylic acids is 1. The summed E-state index contributed by atoms with van der Waals surface area (Å²) >= 11 is 0. The summed E-state index contributed by atoms with van der Waals surface area (Å²) in [7, 11) is 1.72. The van der Waals surface area contributed by atoms with Crippen LogP contribution in [0, 0.1) is 5.92 Å². The van der Waals surface area contributed by atoms with Gasteiger partial charge in [-0.2, -0.15) is 5.10 Å². The van der Waals surface area contributed by atoms with Gasteiger partial charge in [0.15, 0.2) is 0 Å². The molecule has 0 saturated heterocycles. The van der Waals surface area contributed by atoms with Crippen LogP contribution in [0.15, 0.2) is 12.4 Å². The largest absolute Gasteiger partial charge is 0.481 e. The fourth-order valence-corrected chi connectivity index (χ4v) is 1.96. The first kappa shape index (κ1) is 17.0. The number of aromatic nitrogens is 2. The van der Waals surface area contributed by atoms with E-state index in [-0.39, 0.29) is 18.0 Å². The van der Waals surface area contributed by atoms with Crippen molar-refractivity contribution in [3.8, 4) is 0 Å². The molecule has 0 radical (unpaired) electrons. The van der Waals surface area contributed by atoms with Gasteiger partial charge in [0.05, 0.1) is 18.7 Å². The summed E-state index contributed by atoms with van der Waals surface area (Å²) in [4.78, 5) is 24.3. The van der Waals surface area contributed by atoms with Crippen LogP contribution in [0.5, 0.6) is 0 Å². The zero-order chi connectivity index (χ0) is 15.8. The summed E-state index contributed by atoms with van der Waals surface area (Å²) in [6, 6.07) is -0.125. The minimum Gasteiger partial charge on any atom is -0.481 e. The smallest absolute Gasteiger partial charge is 0.317 e. The highest BCUT2D eigenvalue weighted by Crippen LogP contribution is 2.10. The van der Waals surface area contributed by atoms with E-state index in [1.165, 1.54) is 0 Å². The lowest BCUT2D eigenvalue weighted by Crippen LogP contribution is -2.41. The molecular formula is C14H24N4O3. The standard InChI is InChI=1S/C14H24N4O3/c1-10(13(19)20)5-4-6-11(2)17-14(21)18(3)9-12-7-15-16-8-12/h7-8,10-11H,4-6,9H2,1-3H3,(H,15,16)(H,17,21)(H,19,20). The first-order chi connectivity index (χ1) is 9.90. The zero-order valence-corrected chi connectivity index (χ0v) is 12.8. The van der Waals surface area contributed by atoms with E-state index < -0.39 is 5.97 Å². The Morgan fingerprint density at radius 2 is 2.14 bits per heavy atom. The summed E-state index contributed by atoms with van der Waals surface area (Å²) in [5.41, 5.74) is 0.940. The highest BCUT2D eigenvalue weighted by Gasteiger charge is 2.14. The number of hydrogen-bond donors (Lipinski definition) is 3. The molecule has 0 bridgehead atoms. The number of aliphatic carboxylic acids is 1. The van der Waals surface area contributed by atoms with Crippen LogP contribution < -0.4 is 5.32 Å². The number of nitrogens with one attached hydrogen (secondary N) is 2. The molecule has 2 amide bonds. The number of rotatable bonds is 8. The summed E-state index contributed by atoms with van der Waals surface area (Å²) in [6.45, 7) is 4.12. The van der Waals surface area contributed by atoms with E-state index in [4.69, 9.17) is 5.11 Å². The number of carbonyl (C=O) groups is 2. The lowest BCUT2D eigenvalue weighted by Gasteiger charge is -2.21. The van der Waals surface area contributed by atoms with Crippen molar-refractivity contribution in [2.45, 2.75) is 45.7 Å². The molecule has 0 saturated carbocycles. The molecule has 21 heavy (non-hydrogen) atoms. The highest BCUT2D eigenvalue weighted by atomic mass is 16.4. The van der Waals surface area contributed by atoms with Crippen molar-refractivity contribution in [3.63, 3.8) is 0 Å². The van der Waals surface area contributed by atoms with Gasteiger partial charge in [0.2, 0.25) is 0 Å². The van der Waals surface area contributed by atoms with Gasteiger partial charge in [0.25, 0.3) is 0 Å². The first-order valence-electron chi connectivity index (χ1n) is 7.12. The third-order valence-electron chi connectivity index (χ3n) is 3.39. The Morgan fingerprint density at radius 1 is 1.43 bits per heavy atom. The van der Waals surface area contributed by atoms with Crippen LogP contribution >= 0.6 is 0 Å². The van der Waals surface area contributed by atoms with Crippen molar-refractivity contribution < 1.29 is 14.7 Å². The predicted molar refractivity (Wildman–Crippen MR) is 78.7 cm³/mol. The Bertz CT molecular complexity index is 447. The molecule has 0 spiro atoms. The van der Waals surface area contributed by atoms with Gasteiger partial charge in [0, 0.05) is 24.8 Å². The van der Waals surface area contributed by atoms with Gasteiger partial charge in [0.1, 0.15) is 0 Å². The molecule has 2 unspecified atom stereocenters. The first-order valence-corrected chi connectivity index (χ1v) is 7.12. The Balaban J connectivity index is 2.25. The lowest BCUT2D eigenvalue weighted by atomic mass is 10.0. The van der Waals surface area contributed by atoms with Crippen LogP contribution in [0.3, 0.4) is 0 Å². The van der Waals surface area contributed by atoms with E-state index in [0.29, 0.717) is 13.0 Å². The van der Waals surface area contributed by atoms with Crippen molar-refractivity contribution >= 4 is 12.0 Å². The number of carboxylic acids is 1. The molecule has 7 heteroatoms. The van der Waals surface area contributed by atoms with Crippen LogP contribution in [0.4, 0.5) is 4.79 Å². The summed E-state index contributed by atoms with van der Waals surface area (Å²) < 4.78 is 0. The molecule has 2 atom stereocenters. The van der Waals surface area contributed by atoms with Crippen molar-refractivity contribution in [3.05, 3.63) is 18.0 Å². The molecule has 0 aliphatic rings. The van der Waals surface area contributed by atoms with Gasteiger partial charge in [-0.3, -0.25) is 9.89 Å². The van der Waals surface area contributed by atoms with Gasteiger partial charge in [-0.1, -0.05) is 13.3 Å². The van der Waals surface area contributed by atoms with Crippen molar-refractivity contribution in [2.24, 2.45) is 5.92 Å². The third-order valence-corrected chi connectivity index (χ3v) is 3.39. The van der Waals surface area contributed by atoms with Gasteiger partial charge < -0.3 is 15.3 Å². The van der Waals surface area contributed by atoms with Crippen LogP contribution in [-0.4, -0.2) is 45.3 Å². The summed E-state index contributed by atoms with van der Waals surface area (Å²) in [5, 5.41) is 18.2. The number of H-pyrrole nitrogens is 1. The second-order valence-corrected chi connectivity index (χ2v) is 5.48. The topological polar surface area (TPSA) is 98.3 Å². The Labute approximate surface area is 124 Å². The number of nitrogens with zero attached hydrogens (tertiary/aromatic N) is 2. The average Bonchev–Trinajstić information content (AvgIpc) is 2.91. The van der Waals surface area contributed by atoms with Gasteiger partial charge in [-0.15, -0.1) is 0 Å². The Hall–Kier alpha value is -2.05. The molecule has 3 N–H and O–H groups in total. The molecule has 7 nitrogen and oxygen atoms in total. The van der Waals surface area contributed by atoms with Crippen molar-refractivity contribution in [2.75, 3.05) is 7.05 Å². The molecule has 0 aliphatic carbocycles. The number of carboxylic acid groups (broad SMARTS) is 1. The maximum absolute atomic E-state index is 12.0. The lowest BCUT2D eigenvalue weighted by molar-refractivity contribution is -0.141. The molecule has 1 rings (SSSR count). The molecule has 1 aromatic rings. The predicted octanol–water partition coefficient (Wildman–Crippen LogP) is 1.83. The van der Waals surface area contributed by atoms with E-state index in [2.05, 4.69) is 15.5 Å². The van der Waals surface area contributed by atoms with Crippen molar-refractivity contribution in [1.82, 2.24) is 20.4 Å². The van der Waals surface area contributed by atoms with Crippen LogP contribution in [0.25, 0.3) is 0 Å². The van der Waals surface area contributed by atoms with Gasteiger partial charge in [-0.25, -0.2) is 4.79 Å². The molecule has 0 aromatic carbocycles. The Morgan fingerprint density at radius 3 is 2.71 bits per heavy atom. The molecule has 118 valence electrons. The second kappa shape index (κ2) is 8.28. The third kappa shape index (κ3) is 6.29. The SMILES string of the molecule is CC(CCCC(C)C(=O)O)NC(=O)N(C)Cc1cn[nH]c1. The van der Waals surface area contributed by atoms with Crippen molar-refractivity contribution in [1.29, 1.82) is 0 Å². The molecule has 1 heterocycles. The van der Waals surface area contributed by atoms with Gasteiger partial charge in [-0.05, 0) is 19.8 Å². The van der Waals surface area contributed by atoms with Gasteiger partial charge >= 0.3 is 12.0 Å². The maximum atomic E-state index is 12.0. The fraction of sp³-hybridized carbons (Fsp3) is 0.643. The normalized spacial score (nSPS) is 13.5. The average molecular weight is 296 g/mol. The number of aromatic amines is 1. The quantitative estimate of drug-likeness (QED) is 0.681. The van der Waals surface area contributed by atoms with Crippen LogP contribution in [-0.2, 0) is 11.3 Å². The monoisotopic (exact) mass is 296 g/mol. The van der Waals surface area contributed by atoms with E-state index >= 15 is 0 Å². The maximum Gasteiger partial charge on any atom is 0.317 e. The van der Waals surface area contributed by atoms with E-state index in [9.17, 15) is 9.59 Å². The molecular weight excluding hydrogens is 272 g/mol. The van der Waals surface area contributed by atoms with Crippen LogP contribution in [0.1, 0.15) is 38.7 Å². The molecule has 1 aromatic heterocycles. The zero-order valence-electron chi connectivity index (χ0n) is 12.8.